The van der Waals surface area contributed by atoms with E-state index in [-0.39, 0.29) is 5.12 Å². The lowest BCUT2D eigenvalue weighted by Crippen LogP contribution is -1.84. The number of aliphatic imine (C=N–C) groups is 1. The molecule has 1 heterocycles. The van der Waals surface area contributed by atoms with E-state index in [9.17, 15) is 4.79 Å². The number of thioether (sulfide) groups is 1. The fourth-order valence-electron chi connectivity index (χ4n) is 0.375. The molecule has 0 amide bonds. The molecule has 0 aliphatic carbocycles. The van der Waals surface area contributed by atoms with Crippen molar-refractivity contribution in [2.24, 2.45) is 4.99 Å². The van der Waals surface area contributed by atoms with Crippen LogP contribution < -0.4 is 0 Å². The fraction of sp³-hybridized carbons (Fsp3) is 0.200. The lowest BCUT2D eigenvalue weighted by molar-refractivity contribution is -0.107. The summed E-state index contributed by atoms with van der Waals surface area (Å²) < 4.78 is 0. The molecule has 0 saturated heterocycles. The molecule has 0 N–H and O–H groups in total. The van der Waals surface area contributed by atoms with Crippen LogP contribution in [0, 0.1) is 0 Å². The summed E-state index contributed by atoms with van der Waals surface area (Å²) >= 11 is 1.26. The van der Waals surface area contributed by atoms with Crippen molar-refractivity contribution in [3.8, 4) is 0 Å². The summed E-state index contributed by atoms with van der Waals surface area (Å²) in [7, 11) is 0. The summed E-state index contributed by atoms with van der Waals surface area (Å²) in [5.74, 6) is 0.700. The van der Waals surface area contributed by atoms with Crippen molar-refractivity contribution in [1.29, 1.82) is 0 Å². The number of carbonyl (C=O) groups excluding carboxylic acids is 1. The van der Waals surface area contributed by atoms with Crippen molar-refractivity contribution >= 4 is 23.1 Å². The first-order valence-corrected chi connectivity index (χ1v) is 3.23. The van der Waals surface area contributed by atoms with Crippen LogP contribution in [0.2, 0.25) is 0 Å². The van der Waals surface area contributed by atoms with Gasteiger partial charge < -0.3 is 0 Å². The smallest absolute Gasteiger partial charge is 0.214 e. The molecular weight excluding hydrogens is 122 g/mol. The molecule has 42 valence electrons. The van der Waals surface area contributed by atoms with Gasteiger partial charge >= 0.3 is 0 Å². The molecule has 1 rings (SSSR count). The highest BCUT2D eigenvalue weighted by molar-refractivity contribution is 8.14. The van der Waals surface area contributed by atoms with Crippen LogP contribution in [0.15, 0.2) is 17.3 Å². The summed E-state index contributed by atoms with van der Waals surface area (Å²) in [6.07, 6.45) is 4.70. The normalized spacial score (nSPS) is 18.8. The average Bonchev–Trinajstić information content (AvgIpc) is 1.94. The molecule has 0 unspecified atom stereocenters. The number of carbonyl (C=O) groups is 1. The predicted octanol–water partition coefficient (Wildman–Crippen LogP) is 0.844. The van der Waals surface area contributed by atoms with Gasteiger partial charge in [0.05, 0.1) is 0 Å². The van der Waals surface area contributed by atoms with Gasteiger partial charge in [0.1, 0.15) is 0 Å². The second kappa shape index (κ2) is 2.67. The van der Waals surface area contributed by atoms with Gasteiger partial charge in [-0.25, -0.2) is 0 Å². The maximum Gasteiger partial charge on any atom is 0.214 e. The van der Waals surface area contributed by atoms with Crippen LogP contribution in [0.3, 0.4) is 0 Å². The van der Waals surface area contributed by atoms with Crippen LogP contribution in [0.4, 0.5) is 0 Å². The molecule has 0 aromatic heterocycles. The van der Waals surface area contributed by atoms with Crippen molar-refractivity contribution < 1.29 is 4.79 Å². The lowest BCUT2D eigenvalue weighted by atomic mass is 10.7. The minimum atomic E-state index is 0.0856. The molecule has 0 spiro atoms. The molecule has 1 aliphatic heterocycles. The maximum absolute atomic E-state index is 10.5. The molecule has 1 aliphatic rings. The summed E-state index contributed by atoms with van der Waals surface area (Å²) in [4.78, 5) is 14.3. The van der Waals surface area contributed by atoms with Gasteiger partial charge in [-0.05, 0) is 0 Å². The van der Waals surface area contributed by atoms with Crippen molar-refractivity contribution in [2.75, 3.05) is 5.75 Å². The molecule has 0 aromatic rings. The molecule has 3 heteroatoms. The van der Waals surface area contributed by atoms with Crippen molar-refractivity contribution in [2.45, 2.75) is 0 Å². The van der Waals surface area contributed by atoms with E-state index in [4.69, 9.17) is 0 Å². The molecule has 0 saturated carbocycles. The van der Waals surface area contributed by atoms with Crippen LogP contribution in [0.1, 0.15) is 0 Å². The van der Waals surface area contributed by atoms with E-state index < -0.39 is 0 Å². The summed E-state index contributed by atoms with van der Waals surface area (Å²) in [6.45, 7) is 0. The van der Waals surface area contributed by atoms with Crippen LogP contribution in [-0.2, 0) is 4.79 Å². The molecule has 0 atom stereocenters. The largest absolute Gasteiger partial charge is 0.282 e. The van der Waals surface area contributed by atoms with Crippen LogP contribution in [0.25, 0.3) is 0 Å². The van der Waals surface area contributed by atoms with E-state index in [1.807, 2.05) is 0 Å². The van der Waals surface area contributed by atoms with Gasteiger partial charge in [-0.15, -0.1) is 0 Å². The SMILES string of the molecule is O=C1C=CN=CCS1. The standard InChI is InChI=1S/C5H5NOS/c7-5-1-2-6-3-4-8-5/h1-3H,4H2. The number of nitrogens with zero attached hydrogens (tertiary/aromatic N) is 1. The molecule has 0 aromatic carbocycles. The summed E-state index contributed by atoms with van der Waals surface area (Å²) in [6, 6.07) is 0. The molecule has 8 heavy (non-hydrogen) atoms. The fourth-order valence-corrected chi connectivity index (χ4v) is 0.857. The van der Waals surface area contributed by atoms with Crippen molar-refractivity contribution in [3.05, 3.63) is 12.3 Å². The summed E-state index contributed by atoms with van der Waals surface area (Å²) in [5, 5.41) is 0.0856. The van der Waals surface area contributed by atoms with Crippen LogP contribution in [0.5, 0.6) is 0 Å². The first-order valence-electron chi connectivity index (χ1n) is 2.24. The Morgan fingerprint density at radius 2 is 2.62 bits per heavy atom. The second-order valence-corrected chi connectivity index (χ2v) is 2.30. The molecule has 0 bridgehead atoms. The highest BCUT2D eigenvalue weighted by Gasteiger charge is 1.95. The van der Waals surface area contributed by atoms with Gasteiger partial charge in [0.15, 0.2) is 0 Å². The van der Waals surface area contributed by atoms with E-state index in [0.29, 0.717) is 5.75 Å². The predicted molar refractivity (Wildman–Crippen MR) is 35.1 cm³/mol. The molecule has 2 nitrogen and oxygen atoms in total. The third-order valence-electron chi connectivity index (χ3n) is 0.702. The second-order valence-electron chi connectivity index (χ2n) is 1.28. The third-order valence-corrected chi connectivity index (χ3v) is 1.44. The minimum absolute atomic E-state index is 0.0856. The highest BCUT2D eigenvalue weighted by Crippen LogP contribution is 2.03. The maximum atomic E-state index is 10.5. The zero-order valence-electron chi connectivity index (χ0n) is 4.20. The summed E-state index contributed by atoms with van der Waals surface area (Å²) in [5.41, 5.74) is 0. The van der Waals surface area contributed by atoms with Crippen LogP contribution >= 0.6 is 11.8 Å². The van der Waals surface area contributed by atoms with E-state index in [1.54, 1.807) is 6.21 Å². The van der Waals surface area contributed by atoms with Crippen molar-refractivity contribution in [1.82, 2.24) is 0 Å². The van der Waals surface area contributed by atoms with Crippen molar-refractivity contribution in [3.63, 3.8) is 0 Å². The lowest BCUT2D eigenvalue weighted by Gasteiger charge is -1.81. The monoisotopic (exact) mass is 127 g/mol. The first kappa shape index (κ1) is 5.56. The first-order chi connectivity index (χ1) is 3.89. The molecular formula is C5H5NOS. The zero-order valence-corrected chi connectivity index (χ0v) is 5.02. The van der Waals surface area contributed by atoms with E-state index >= 15 is 0 Å². The quantitative estimate of drug-likeness (QED) is 0.482. The number of hydrogen-bond acceptors (Lipinski definition) is 3. The minimum Gasteiger partial charge on any atom is -0.282 e. The Balaban J connectivity index is 2.58. The zero-order chi connectivity index (χ0) is 5.82. The van der Waals surface area contributed by atoms with Crippen LogP contribution in [-0.4, -0.2) is 17.1 Å². The van der Waals surface area contributed by atoms with Gasteiger partial charge in [-0.1, -0.05) is 11.8 Å². The molecule has 0 fully saturated rings. The van der Waals surface area contributed by atoms with Gasteiger partial charge in [0, 0.05) is 24.2 Å². The van der Waals surface area contributed by atoms with E-state index in [1.165, 1.54) is 24.0 Å². The topological polar surface area (TPSA) is 29.4 Å². The Bertz CT molecular complexity index is 151. The third kappa shape index (κ3) is 1.50. The Morgan fingerprint density at radius 3 is 3.50 bits per heavy atom. The van der Waals surface area contributed by atoms with Gasteiger partial charge in [0.2, 0.25) is 5.12 Å². The molecule has 0 radical (unpaired) electrons. The Hall–Kier alpha value is -0.570. The highest BCUT2D eigenvalue weighted by atomic mass is 32.2. The number of hydrogen-bond donors (Lipinski definition) is 0. The van der Waals surface area contributed by atoms with E-state index in [2.05, 4.69) is 4.99 Å². The Kier molecular flexibility index (Phi) is 1.86. The van der Waals surface area contributed by atoms with E-state index in [0.717, 1.165) is 0 Å². The van der Waals surface area contributed by atoms with Gasteiger partial charge in [0.25, 0.3) is 0 Å². The van der Waals surface area contributed by atoms with Gasteiger partial charge in [-0.2, -0.15) is 0 Å². The average molecular weight is 127 g/mol. The Morgan fingerprint density at radius 1 is 1.75 bits per heavy atom. The number of rotatable bonds is 0. The van der Waals surface area contributed by atoms with Gasteiger partial charge in [-0.3, -0.25) is 9.79 Å². The Labute approximate surface area is 51.7 Å².